The summed E-state index contributed by atoms with van der Waals surface area (Å²) >= 11 is 0. The van der Waals surface area contributed by atoms with E-state index in [0.717, 1.165) is 0 Å². The van der Waals surface area contributed by atoms with Gasteiger partial charge in [0.25, 0.3) is 0 Å². The number of carbonyl (C=O) groups is 1. The summed E-state index contributed by atoms with van der Waals surface area (Å²) in [6.07, 6.45) is -0.244. The molecule has 1 aromatic rings. The molecule has 0 aromatic heterocycles. The molecule has 19 heavy (non-hydrogen) atoms. The Bertz CT molecular complexity index is 491. The van der Waals surface area contributed by atoms with E-state index < -0.39 is 46.2 Å². The zero-order chi connectivity index (χ0) is 15.0. The van der Waals surface area contributed by atoms with Gasteiger partial charge in [-0.15, -0.1) is 0 Å². The van der Waals surface area contributed by atoms with Crippen molar-refractivity contribution in [2.24, 2.45) is 5.41 Å². The first kappa shape index (κ1) is 15.4. The zero-order valence-electron chi connectivity index (χ0n) is 10.4. The van der Waals surface area contributed by atoms with Crippen LogP contribution in [0.25, 0.3) is 0 Å². The Balaban J connectivity index is 3.13. The van der Waals surface area contributed by atoms with Gasteiger partial charge in [-0.2, -0.15) is 8.78 Å². The topological polar surface area (TPSA) is 26.3 Å². The fraction of sp³-hybridized carbons (Fsp3) is 0.417. The van der Waals surface area contributed by atoms with Crippen molar-refractivity contribution in [2.45, 2.75) is 27.2 Å². The van der Waals surface area contributed by atoms with Crippen molar-refractivity contribution in [3.05, 3.63) is 29.1 Å². The number of esters is 1. The lowest BCUT2D eigenvalue weighted by Gasteiger charge is -2.17. The lowest BCUT2D eigenvalue weighted by Crippen LogP contribution is -2.19. The van der Waals surface area contributed by atoms with E-state index in [2.05, 4.69) is 4.74 Å². The van der Waals surface area contributed by atoms with E-state index in [9.17, 15) is 26.7 Å². The molecule has 0 aliphatic carbocycles. The standard InChI is InChI=1S/C12H11F5O2/c1-12(2,3)4-5(18)19-11-9(16)7(14)6(13)8(15)10(11)17/h4H2,1-3H3. The quantitative estimate of drug-likeness (QED) is 0.272. The molecule has 0 saturated heterocycles. The normalized spacial score (nSPS) is 11.6. The summed E-state index contributed by atoms with van der Waals surface area (Å²) < 4.78 is 69.0. The van der Waals surface area contributed by atoms with Crippen molar-refractivity contribution < 1.29 is 31.5 Å². The Morgan fingerprint density at radius 1 is 0.895 bits per heavy atom. The highest BCUT2D eigenvalue weighted by molar-refractivity contribution is 5.73. The molecule has 1 aromatic carbocycles. The molecule has 0 atom stereocenters. The van der Waals surface area contributed by atoms with Crippen molar-refractivity contribution in [1.29, 1.82) is 0 Å². The third-order valence-corrected chi connectivity index (χ3v) is 2.06. The molecule has 0 radical (unpaired) electrons. The maximum absolute atomic E-state index is 13.2. The Kier molecular flexibility index (Phi) is 4.17. The molecule has 0 fully saturated rings. The van der Waals surface area contributed by atoms with E-state index in [0.29, 0.717) is 0 Å². The molecule has 0 heterocycles. The Labute approximate surface area is 106 Å². The molecule has 0 aliphatic rings. The van der Waals surface area contributed by atoms with E-state index in [-0.39, 0.29) is 6.42 Å². The predicted molar refractivity (Wildman–Crippen MR) is 55.9 cm³/mol. The monoisotopic (exact) mass is 282 g/mol. The summed E-state index contributed by atoms with van der Waals surface area (Å²) in [5, 5.41) is 0. The van der Waals surface area contributed by atoms with Gasteiger partial charge in [-0.1, -0.05) is 20.8 Å². The summed E-state index contributed by atoms with van der Waals surface area (Å²) in [7, 11) is 0. The summed E-state index contributed by atoms with van der Waals surface area (Å²) in [6, 6.07) is 0. The minimum atomic E-state index is -2.30. The van der Waals surface area contributed by atoms with Crippen LogP contribution in [0, 0.1) is 34.5 Å². The Morgan fingerprint density at radius 3 is 1.63 bits per heavy atom. The predicted octanol–water partition coefficient (Wildman–Crippen LogP) is 3.72. The largest absolute Gasteiger partial charge is 0.420 e. The average Bonchev–Trinajstić information content (AvgIpc) is 2.27. The third-order valence-electron chi connectivity index (χ3n) is 2.06. The second kappa shape index (κ2) is 5.14. The van der Waals surface area contributed by atoms with Crippen LogP contribution in [0.4, 0.5) is 22.0 Å². The van der Waals surface area contributed by atoms with Crippen LogP contribution in [0.15, 0.2) is 0 Å². The first-order valence-electron chi connectivity index (χ1n) is 5.26. The first-order chi connectivity index (χ1) is 8.54. The molecule has 106 valence electrons. The number of hydrogen-bond acceptors (Lipinski definition) is 2. The van der Waals surface area contributed by atoms with Gasteiger partial charge in [0.1, 0.15) is 0 Å². The Morgan fingerprint density at radius 2 is 1.26 bits per heavy atom. The fourth-order valence-electron chi connectivity index (χ4n) is 1.26. The van der Waals surface area contributed by atoms with Crippen LogP contribution in [-0.2, 0) is 4.79 Å². The SMILES string of the molecule is CC(C)(C)CC(=O)Oc1c(F)c(F)c(F)c(F)c1F. The number of benzene rings is 1. The van der Waals surface area contributed by atoms with Gasteiger partial charge in [0, 0.05) is 0 Å². The van der Waals surface area contributed by atoms with Crippen molar-refractivity contribution in [3.8, 4) is 5.75 Å². The first-order valence-corrected chi connectivity index (χ1v) is 5.26. The molecule has 1 rings (SSSR count). The van der Waals surface area contributed by atoms with Gasteiger partial charge in [-0.3, -0.25) is 4.79 Å². The van der Waals surface area contributed by atoms with Crippen LogP contribution in [0.3, 0.4) is 0 Å². The summed E-state index contributed by atoms with van der Waals surface area (Å²) in [5.74, 6) is -13.6. The Hall–Kier alpha value is -1.66. The van der Waals surface area contributed by atoms with E-state index in [4.69, 9.17) is 0 Å². The van der Waals surface area contributed by atoms with Gasteiger partial charge >= 0.3 is 5.97 Å². The highest BCUT2D eigenvalue weighted by atomic mass is 19.2. The van der Waals surface area contributed by atoms with E-state index in [1.807, 2.05) is 0 Å². The smallest absolute Gasteiger partial charge is 0.311 e. The van der Waals surface area contributed by atoms with Crippen LogP contribution in [0.5, 0.6) is 5.75 Å². The number of hydrogen-bond donors (Lipinski definition) is 0. The van der Waals surface area contributed by atoms with Crippen molar-refractivity contribution in [1.82, 2.24) is 0 Å². The second-order valence-electron chi connectivity index (χ2n) is 5.11. The maximum atomic E-state index is 13.2. The third kappa shape index (κ3) is 3.42. The van der Waals surface area contributed by atoms with Crippen LogP contribution in [-0.4, -0.2) is 5.97 Å². The van der Waals surface area contributed by atoms with Gasteiger partial charge in [0.15, 0.2) is 0 Å². The molecule has 0 N–H and O–H groups in total. The molecule has 0 saturated carbocycles. The molecule has 2 nitrogen and oxygen atoms in total. The average molecular weight is 282 g/mol. The summed E-state index contributed by atoms with van der Waals surface area (Å²) in [5.41, 5.74) is -0.554. The highest BCUT2D eigenvalue weighted by Gasteiger charge is 2.29. The molecule has 0 spiro atoms. The van der Waals surface area contributed by atoms with Crippen LogP contribution in [0.1, 0.15) is 27.2 Å². The molecule has 0 amide bonds. The van der Waals surface area contributed by atoms with Gasteiger partial charge in [-0.05, 0) is 5.41 Å². The molecular weight excluding hydrogens is 271 g/mol. The minimum Gasteiger partial charge on any atom is -0.420 e. The van der Waals surface area contributed by atoms with Gasteiger partial charge in [0.2, 0.25) is 34.8 Å². The molecule has 0 unspecified atom stereocenters. The van der Waals surface area contributed by atoms with Crippen molar-refractivity contribution in [2.75, 3.05) is 0 Å². The fourth-order valence-corrected chi connectivity index (χ4v) is 1.26. The van der Waals surface area contributed by atoms with Crippen molar-refractivity contribution in [3.63, 3.8) is 0 Å². The molecule has 0 aliphatic heterocycles. The summed E-state index contributed by atoms with van der Waals surface area (Å²) in [4.78, 5) is 11.3. The summed E-state index contributed by atoms with van der Waals surface area (Å²) in [6.45, 7) is 4.94. The molecule has 7 heteroatoms. The number of halogens is 5. The van der Waals surface area contributed by atoms with Crippen LogP contribution >= 0.6 is 0 Å². The van der Waals surface area contributed by atoms with Gasteiger partial charge in [-0.25, -0.2) is 13.2 Å². The van der Waals surface area contributed by atoms with Crippen LogP contribution in [0.2, 0.25) is 0 Å². The molecule has 0 bridgehead atoms. The number of rotatable bonds is 2. The van der Waals surface area contributed by atoms with E-state index in [1.165, 1.54) is 0 Å². The minimum absolute atomic E-state index is 0.244. The lowest BCUT2D eigenvalue weighted by atomic mass is 9.92. The molecular formula is C12H11F5O2. The van der Waals surface area contributed by atoms with Crippen LogP contribution < -0.4 is 4.74 Å². The number of ether oxygens (including phenoxy) is 1. The maximum Gasteiger partial charge on any atom is 0.311 e. The van der Waals surface area contributed by atoms with Gasteiger partial charge < -0.3 is 4.74 Å². The second-order valence-corrected chi connectivity index (χ2v) is 5.11. The number of carbonyl (C=O) groups excluding carboxylic acids is 1. The lowest BCUT2D eigenvalue weighted by molar-refractivity contribution is -0.136. The van der Waals surface area contributed by atoms with Crippen molar-refractivity contribution >= 4 is 5.97 Å². The van der Waals surface area contributed by atoms with E-state index in [1.54, 1.807) is 20.8 Å². The van der Waals surface area contributed by atoms with Gasteiger partial charge in [0.05, 0.1) is 6.42 Å². The zero-order valence-corrected chi connectivity index (χ0v) is 10.4. The van der Waals surface area contributed by atoms with E-state index >= 15 is 0 Å². The highest BCUT2D eigenvalue weighted by Crippen LogP contribution is 2.30.